The summed E-state index contributed by atoms with van der Waals surface area (Å²) >= 11 is 1.44. The van der Waals surface area contributed by atoms with Crippen molar-refractivity contribution >= 4 is 21.4 Å². The molecule has 2 rings (SSSR count). The monoisotopic (exact) mass is 282 g/mol. The number of benzene rings is 1. The zero-order valence-corrected chi connectivity index (χ0v) is 11.4. The molecule has 4 nitrogen and oxygen atoms in total. The van der Waals surface area contributed by atoms with Crippen LogP contribution in [0.15, 0.2) is 41.9 Å². The number of hydrogen-bond donors (Lipinski definition) is 1. The van der Waals surface area contributed by atoms with Crippen LogP contribution in [0.2, 0.25) is 0 Å². The summed E-state index contributed by atoms with van der Waals surface area (Å²) in [6.07, 6.45) is 2.19. The minimum absolute atomic E-state index is 0.0996. The highest BCUT2D eigenvalue weighted by atomic mass is 32.2. The van der Waals surface area contributed by atoms with E-state index in [2.05, 4.69) is 9.71 Å². The van der Waals surface area contributed by atoms with Crippen LogP contribution >= 0.6 is 11.3 Å². The van der Waals surface area contributed by atoms with Gasteiger partial charge in [0.25, 0.3) is 0 Å². The highest BCUT2D eigenvalue weighted by Crippen LogP contribution is 2.05. The summed E-state index contributed by atoms with van der Waals surface area (Å²) in [6.45, 7) is 0.273. The lowest BCUT2D eigenvalue weighted by atomic mass is 10.2. The summed E-state index contributed by atoms with van der Waals surface area (Å²) in [5.41, 5.74) is 1.03. The van der Waals surface area contributed by atoms with Crippen LogP contribution in [0.3, 0.4) is 0 Å². The molecule has 1 aromatic carbocycles. The number of rotatable bonds is 6. The molecule has 1 aromatic heterocycles. The molecule has 0 aliphatic carbocycles. The lowest BCUT2D eigenvalue weighted by molar-refractivity contribution is 0.580. The normalized spacial score (nSPS) is 11.6. The maximum Gasteiger partial charge on any atom is 0.212 e. The molecule has 96 valence electrons. The topological polar surface area (TPSA) is 59.1 Å². The number of sulfonamides is 1. The molecule has 0 fully saturated rings. The van der Waals surface area contributed by atoms with Gasteiger partial charge < -0.3 is 0 Å². The van der Waals surface area contributed by atoms with Crippen molar-refractivity contribution in [3.8, 4) is 0 Å². The van der Waals surface area contributed by atoms with Crippen molar-refractivity contribution in [1.82, 2.24) is 9.71 Å². The van der Waals surface area contributed by atoms with E-state index < -0.39 is 10.0 Å². The first kappa shape index (κ1) is 13.2. The molecule has 0 amide bonds. The van der Waals surface area contributed by atoms with Gasteiger partial charge in [-0.1, -0.05) is 30.3 Å². The molecular weight excluding hydrogens is 268 g/mol. The number of nitrogens with one attached hydrogen (secondary N) is 1. The van der Waals surface area contributed by atoms with Gasteiger partial charge in [-0.05, 0) is 12.0 Å². The van der Waals surface area contributed by atoms with Gasteiger partial charge in [0.05, 0.1) is 12.3 Å². The number of aromatic nitrogens is 1. The van der Waals surface area contributed by atoms with Gasteiger partial charge in [-0.2, -0.15) is 0 Å². The Balaban J connectivity index is 1.84. The van der Waals surface area contributed by atoms with E-state index in [4.69, 9.17) is 0 Å². The molecule has 0 aliphatic rings. The minimum Gasteiger partial charge on any atom is -0.248 e. The van der Waals surface area contributed by atoms with E-state index in [-0.39, 0.29) is 12.3 Å². The van der Waals surface area contributed by atoms with E-state index >= 15 is 0 Å². The molecule has 6 heteroatoms. The van der Waals surface area contributed by atoms with Crippen LogP contribution in [-0.2, 0) is 23.0 Å². The molecule has 0 spiro atoms. The Morgan fingerprint density at radius 1 is 1.22 bits per heavy atom. The van der Waals surface area contributed by atoms with Gasteiger partial charge in [0, 0.05) is 11.6 Å². The van der Waals surface area contributed by atoms with Gasteiger partial charge in [0.15, 0.2) is 0 Å². The molecule has 1 heterocycles. The second-order valence-electron chi connectivity index (χ2n) is 3.80. The summed E-state index contributed by atoms with van der Waals surface area (Å²) in [7, 11) is -3.24. The molecule has 0 aliphatic heterocycles. The lowest BCUT2D eigenvalue weighted by Crippen LogP contribution is -2.26. The van der Waals surface area contributed by atoms with Gasteiger partial charge in [-0.25, -0.2) is 18.1 Å². The molecule has 1 N–H and O–H groups in total. The third-order valence-corrected chi connectivity index (χ3v) is 4.53. The van der Waals surface area contributed by atoms with E-state index in [1.807, 2.05) is 35.7 Å². The van der Waals surface area contributed by atoms with Crippen molar-refractivity contribution in [2.75, 3.05) is 5.75 Å². The molecule has 0 radical (unpaired) electrons. The number of nitrogens with zero attached hydrogens (tertiary/aromatic N) is 1. The van der Waals surface area contributed by atoms with Gasteiger partial charge in [0.1, 0.15) is 5.01 Å². The first-order valence-electron chi connectivity index (χ1n) is 5.55. The molecule has 0 saturated heterocycles. The van der Waals surface area contributed by atoms with Gasteiger partial charge >= 0.3 is 0 Å². The fourth-order valence-corrected chi connectivity index (χ4v) is 3.13. The van der Waals surface area contributed by atoms with Crippen molar-refractivity contribution in [2.24, 2.45) is 0 Å². The second-order valence-corrected chi connectivity index (χ2v) is 6.71. The standard InChI is InChI=1S/C12H14N2O2S2/c15-18(16,14-10-12-13-7-8-17-12)9-6-11-4-2-1-3-5-11/h1-5,7-8,14H,6,9-10H2. The van der Waals surface area contributed by atoms with Crippen molar-refractivity contribution in [3.63, 3.8) is 0 Å². The van der Waals surface area contributed by atoms with E-state index in [0.717, 1.165) is 10.6 Å². The predicted octanol–water partition coefficient (Wildman–Crippen LogP) is 1.81. The Bertz CT molecular complexity index is 565. The van der Waals surface area contributed by atoms with E-state index in [1.54, 1.807) is 6.20 Å². The van der Waals surface area contributed by atoms with Crippen LogP contribution in [0, 0.1) is 0 Å². The molecular formula is C12H14N2O2S2. The lowest BCUT2D eigenvalue weighted by Gasteiger charge is -2.05. The Hall–Kier alpha value is -1.24. The van der Waals surface area contributed by atoms with Crippen LogP contribution in [0.5, 0.6) is 0 Å². The molecule has 18 heavy (non-hydrogen) atoms. The van der Waals surface area contributed by atoms with Gasteiger partial charge in [0.2, 0.25) is 10.0 Å². The maximum atomic E-state index is 11.8. The van der Waals surface area contributed by atoms with Crippen molar-refractivity contribution in [3.05, 3.63) is 52.5 Å². The van der Waals surface area contributed by atoms with Crippen molar-refractivity contribution in [2.45, 2.75) is 13.0 Å². The Morgan fingerprint density at radius 3 is 2.67 bits per heavy atom. The smallest absolute Gasteiger partial charge is 0.212 e. The first-order valence-corrected chi connectivity index (χ1v) is 8.08. The summed E-state index contributed by atoms with van der Waals surface area (Å²) in [6, 6.07) is 9.58. The minimum atomic E-state index is -3.24. The quantitative estimate of drug-likeness (QED) is 0.879. The summed E-state index contributed by atoms with van der Waals surface area (Å²) in [5, 5.41) is 2.60. The fourth-order valence-electron chi connectivity index (χ4n) is 1.48. The molecule has 0 atom stereocenters. The van der Waals surface area contributed by atoms with E-state index in [0.29, 0.717) is 6.42 Å². The third-order valence-electron chi connectivity index (χ3n) is 2.43. The van der Waals surface area contributed by atoms with Crippen molar-refractivity contribution in [1.29, 1.82) is 0 Å². The molecule has 0 saturated carbocycles. The highest BCUT2D eigenvalue weighted by Gasteiger charge is 2.10. The summed E-state index contributed by atoms with van der Waals surface area (Å²) in [5.74, 6) is 0.0996. The molecule has 0 bridgehead atoms. The zero-order valence-electron chi connectivity index (χ0n) is 9.74. The number of hydrogen-bond acceptors (Lipinski definition) is 4. The number of aryl methyl sites for hydroxylation is 1. The van der Waals surface area contributed by atoms with Crippen molar-refractivity contribution < 1.29 is 8.42 Å². The Kier molecular flexibility index (Phi) is 4.46. The van der Waals surface area contributed by atoms with Crippen LogP contribution in [-0.4, -0.2) is 19.2 Å². The SMILES string of the molecule is O=S(=O)(CCc1ccccc1)NCc1nccs1. The highest BCUT2D eigenvalue weighted by molar-refractivity contribution is 7.89. The van der Waals surface area contributed by atoms with Crippen LogP contribution in [0.1, 0.15) is 10.6 Å². The Labute approximate surface area is 111 Å². The van der Waals surface area contributed by atoms with Gasteiger partial charge in [-0.15, -0.1) is 11.3 Å². The van der Waals surface area contributed by atoms with Crippen LogP contribution < -0.4 is 4.72 Å². The number of thiazole rings is 1. The Morgan fingerprint density at radius 2 is 2.00 bits per heavy atom. The van der Waals surface area contributed by atoms with Crippen LogP contribution in [0.25, 0.3) is 0 Å². The maximum absolute atomic E-state index is 11.8. The zero-order chi connectivity index (χ0) is 12.8. The largest absolute Gasteiger partial charge is 0.248 e. The molecule has 0 unspecified atom stereocenters. The second kappa shape index (κ2) is 6.08. The average Bonchev–Trinajstić information content (AvgIpc) is 2.89. The first-order chi connectivity index (χ1) is 8.66. The molecule has 2 aromatic rings. The van der Waals surface area contributed by atoms with Gasteiger partial charge in [-0.3, -0.25) is 0 Å². The summed E-state index contributed by atoms with van der Waals surface area (Å²) < 4.78 is 26.1. The third kappa shape index (κ3) is 4.21. The fraction of sp³-hybridized carbons (Fsp3) is 0.250. The predicted molar refractivity (Wildman–Crippen MR) is 72.9 cm³/mol. The average molecular weight is 282 g/mol. The summed E-state index contributed by atoms with van der Waals surface area (Å²) in [4.78, 5) is 4.03. The van der Waals surface area contributed by atoms with E-state index in [9.17, 15) is 8.42 Å². The van der Waals surface area contributed by atoms with E-state index in [1.165, 1.54) is 11.3 Å². The van der Waals surface area contributed by atoms with Crippen LogP contribution in [0.4, 0.5) is 0 Å².